The molecule has 2 fully saturated rings. The van der Waals surface area contributed by atoms with E-state index in [2.05, 4.69) is 5.32 Å². The van der Waals surface area contributed by atoms with Crippen LogP contribution in [-0.2, 0) is 28.5 Å². The Hall–Kier alpha value is -1.18. The fourth-order valence-corrected chi connectivity index (χ4v) is 2.98. The Kier molecular flexibility index (Phi) is 6.00. The third-order valence-electron chi connectivity index (χ3n) is 3.99. The number of carbonyl (C=O) groups excluding carboxylic acids is 2. The first kappa shape index (κ1) is 18.2. The average Bonchev–Trinajstić information content (AvgIpc) is 3.11. The lowest BCUT2D eigenvalue weighted by Gasteiger charge is -2.22. The molecule has 7 heteroatoms. The summed E-state index contributed by atoms with van der Waals surface area (Å²) in [5, 5.41) is 3.22. The predicted octanol–water partition coefficient (Wildman–Crippen LogP) is 1.00. The first-order valence-corrected chi connectivity index (χ1v) is 8.10. The van der Waals surface area contributed by atoms with Crippen molar-refractivity contribution in [1.29, 1.82) is 0 Å². The molecule has 1 N–H and O–H groups in total. The SMILES string of the molecule is COC(=O)[C@H]1C[C@@H](C(=O)OC(C)(C)C)N[C@H]1CCC1OCCO1. The van der Waals surface area contributed by atoms with Crippen LogP contribution in [0.2, 0.25) is 0 Å². The summed E-state index contributed by atoms with van der Waals surface area (Å²) in [5.74, 6) is -0.997. The van der Waals surface area contributed by atoms with Crippen molar-refractivity contribution in [3.8, 4) is 0 Å². The van der Waals surface area contributed by atoms with Gasteiger partial charge in [0.1, 0.15) is 11.6 Å². The van der Waals surface area contributed by atoms with Crippen LogP contribution < -0.4 is 5.32 Å². The number of esters is 2. The van der Waals surface area contributed by atoms with Gasteiger partial charge in [-0.3, -0.25) is 9.59 Å². The second-order valence-electron chi connectivity index (χ2n) is 6.97. The van der Waals surface area contributed by atoms with Crippen molar-refractivity contribution in [3.05, 3.63) is 0 Å². The van der Waals surface area contributed by atoms with Gasteiger partial charge in [0.15, 0.2) is 6.29 Å². The fourth-order valence-electron chi connectivity index (χ4n) is 2.98. The smallest absolute Gasteiger partial charge is 0.323 e. The zero-order valence-corrected chi connectivity index (χ0v) is 14.3. The van der Waals surface area contributed by atoms with Gasteiger partial charge in [-0.1, -0.05) is 0 Å². The molecule has 132 valence electrons. The lowest BCUT2D eigenvalue weighted by Crippen LogP contribution is -2.41. The van der Waals surface area contributed by atoms with Crippen molar-refractivity contribution >= 4 is 11.9 Å². The highest BCUT2D eigenvalue weighted by Gasteiger charge is 2.43. The van der Waals surface area contributed by atoms with E-state index in [4.69, 9.17) is 18.9 Å². The summed E-state index contributed by atoms with van der Waals surface area (Å²) in [4.78, 5) is 24.2. The molecule has 0 saturated carbocycles. The van der Waals surface area contributed by atoms with Crippen molar-refractivity contribution in [2.24, 2.45) is 5.92 Å². The summed E-state index contributed by atoms with van der Waals surface area (Å²) in [6, 6.07) is -0.637. The molecule has 3 atom stereocenters. The molecule has 0 aromatic rings. The maximum atomic E-state index is 12.2. The molecule has 0 amide bonds. The van der Waals surface area contributed by atoms with Gasteiger partial charge in [0.05, 0.1) is 26.2 Å². The normalized spacial score (nSPS) is 28.8. The van der Waals surface area contributed by atoms with E-state index in [0.717, 1.165) is 0 Å². The Balaban J connectivity index is 1.94. The van der Waals surface area contributed by atoms with E-state index in [0.29, 0.717) is 32.5 Å². The molecule has 0 bridgehead atoms. The lowest BCUT2D eigenvalue weighted by molar-refractivity contribution is -0.157. The molecular weight excluding hydrogens is 302 g/mol. The summed E-state index contributed by atoms with van der Waals surface area (Å²) < 4.78 is 21.1. The van der Waals surface area contributed by atoms with Crippen LogP contribution in [0, 0.1) is 5.92 Å². The Bertz CT molecular complexity index is 427. The number of methoxy groups -OCH3 is 1. The molecule has 23 heavy (non-hydrogen) atoms. The van der Waals surface area contributed by atoms with Crippen molar-refractivity contribution in [1.82, 2.24) is 5.32 Å². The predicted molar refractivity (Wildman–Crippen MR) is 81.6 cm³/mol. The molecule has 0 aromatic heterocycles. The molecule has 0 spiro atoms. The van der Waals surface area contributed by atoms with Crippen LogP contribution in [0.3, 0.4) is 0 Å². The van der Waals surface area contributed by atoms with Gasteiger partial charge in [-0.05, 0) is 40.0 Å². The molecule has 2 saturated heterocycles. The van der Waals surface area contributed by atoms with E-state index >= 15 is 0 Å². The Morgan fingerprint density at radius 2 is 1.78 bits per heavy atom. The zero-order chi connectivity index (χ0) is 17.0. The number of ether oxygens (including phenoxy) is 4. The third kappa shape index (κ3) is 5.16. The quantitative estimate of drug-likeness (QED) is 0.753. The molecule has 2 rings (SSSR count). The molecule has 2 heterocycles. The van der Waals surface area contributed by atoms with Crippen molar-refractivity contribution in [2.75, 3.05) is 20.3 Å². The van der Waals surface area contributed by atoms with Gasteiger partial charge in [-0.2, -0.15) is 0 Å². The minimum Gasteiger partial charge on any atom is -0.469 e. The third-order valence-corrected chi connectivity index (χ3v) is 3.99. The van der Waals surface area contributed by atoms with E-state index in [1.54, 1.807) is 0 Å². The van der Waals surface area contributed by atoms with Crippen LogP contribution in [0.4, 0.5) is 0 Å². The maximum Gasteiger partial charge on any atom is 0.323 e. The van der Waals surface area contributed by atoms with Gasteiger partial charge in [0.25, 0.3) is 0 Å². The van der Waals surface area contributed by atoms with Crippen LogP contribution in [0.15, 0.2) is 0 Å². The number of hydrogen-bond donors (Lipinski definition) is 1. The highest BCUT2D eigenvalue weighted by Crippen LogP contribution is 2.28. The number of carbonyl (C=O) groups is 2. The van der Waals surface area contributed by atoms with E-state index in [1.165, 1.54) is 7.11 Å². The Morgan fingerprint density at radius 3 is 2.35 bits per heavy atom. The van der Waals surface area contributed by atoms with E-state index < -0.39 is 11.6 Å². The van der Waals surface area contributed by atoms with Gasteiger partial charge < -0.3 is 24.3 Å². The number of hydrogen-bond acceptors (Lipinski definition) is 7. The maximum absolute atomic E-state index is 12.2. The molecular formula is C16H27NO6. The summed E-state index contributed by atoms with van der Waals surface area (Å²) in [5.41, 5.74) is -0.552. The van der Waals surface area contributed by atoms with Crippen LogP contribution in [-0.4, -0.2) is 56.2 Å². The van der Waals surface area contributed by atoms with Crippen LogP contribution in [0.25, 0.3) is 0 Å². The minimum absolute atomic E-state index is 0.146. The van der Waals surface area contributed by atoms with E-state index in [-0.39, 0.29) is 30.2 Å². The number of nitrogens with one attached hydrogen (secondary N) is 1. The van der Waals surface area contributed by atoms with E-state index in [9.17, 15) is 9.59 Å². The van der Waals surface area contributed by atoms with Crippen LogP contribution in [0.1, 0.15) is 40.0 Å². The van der Waals surface area contributed by atoms with E-state index in [1.807, 2.05) is 20.8 Å². The average molecular weight is 329 g/mol. The summed E-state index contributed by atoms with van der Waals surface area (Å²) in [6.45, 7) is 6.67. The largest absolute Gasteiger partial charge is 0.469 e. The number of rotatable bonds is 5. The standard InChI is InChI=1S/C16H27NO6/c1-16(2,3)23-15(19)12-9-10(14(18)20-4)11(17-12)5-6-13-21-7-8-22-13/h10-13,17H,5-9H2,1-4H3/t10-,11-,12-/m0/s1. The summed E-state index contributed by atoms with van der Waals surface area (Å²) in [7, 11) is 1.36. The molecule has 2 aliphatic heterocycles. The molecule has 7 nitrogen and oxygen atoms in total. The topological polar surface area (TPSA) is 83.1 Å². The van der Waals surface area contributed by atoms with Gasteiger partial charge in [0, 0.05) is 6.04 Å². The Labute approximate surface area is 137 Å². The lowest BCUT2D eigenvalue weighted by atomic mass is 9.95. The molecule has 0 aromatic carbocycles. The molecule has 0 unspecified atom stereocenters. The van der Waals surface area contributed by atoms with Gasteiger partial charge in [-0.15, -0.1) is 0 Å². The van der Waals surface area contributed by atoms with Gasteiger partial charge >= 0.3 is 11.9 Å². The second kappa shape index (κ2) is 7.59. The van der Waals surface area contributed by atoms with Crippen LogP contribution in [0.5, 0.6) is 0 Å². The molecule has 0 aliphatic carbocycles. The first-order chi connectivity index (χ1) is 10.8. The second-order valence-corrected chi connectivity index (χ2v) is 6.97. The monoisotopic (exact) mass is 329 g/mol. The summed E-state index contributed by atoms with van der Waals surface area (Å²) in [6.07, 6.45) is 1.50. The first-order valence-electron chi connectivity index (χ1n) is 8.10. The minimum atomic E-state index is -0.552. The van der Waals surface area contributed by atoms with Crippen molar-refractivity contribution in [2.45, 2.75) is 64.0 Å². The highest BCUT2D eigenvalue weighted by atomic mass is 16.7. The van der Waals surface area contributed by atoms with Crippen molar-refractivity contribution < 1.29 is 28.5 Å². The zero-order valence-electron chi connectivity index (χ0n) is 14.3. The summed E-state index contributed by atoms with van der Waals surface area (Å²) >= 11 is 0. The molecule has 2 aliphatic rings. The van der Waals surface area contributed by atoms with Gasteiger partial charge in [0.2, 0.25) is 0 Å². The Morgan fingerprint density at radius 1 is 1.13 bits per heavy atom. The highest BCUT2D eigenvalue weighted by molar-refractivity contribution is 5.80. The van der Waals surface area contributed by atoms with Crippen LogP contribution >= 0.6 is 0 Å². The molecule has 0 radical (unpaired) electrons. The van der Waals surface area contributed by atoms with Crippen molar-refractivity contribution in [3.63, 3.8) is 0 Å². The van der Waals surface area contributed by atoms with Gasteiger partial charge in [-0.25, -0.2) is 0 Å². The fraction of sp³-hybridized carbons (Fsp3) is 0.875.